The van der Waals surface area contributed by atoms with Crippen molar-refractivity contribution in [3.8, 4) is 0 Å². The minimum absolute atomic E-state index is 0.114. The third-order valence-corrected chi connectivity index (χ3v) is 6.19. The lowest BCUT2D eigenvalue weighted by Crippen LogP contribution is -2.23. The summed E-state index contributed by atoms with van der Waals surface area (Å²) in [4.78, 5) is 0. The highest BCUT2D eigenvalue weighted by Crippen LogP contribution is 2.32. The molecule has 1 aliphatic heterocycles. The first-order chi connectivity index (χ1) is 8.04. The van der Waals surface area contributed by atoms with E-state index in [1.807, 2.05) is 11.4 Å². The minimum atomic E-state index is -3.07. The molecule has 0 spiro atoms. The van der Waals surface area contributed by atoms with Crippen LogP contribution in [0.3, 0.4) is 0 Å². The summed E-state index contributed by atoms with van der Waals surface area (Å²) < 4.78 is 24.1. The van der Waals surface area contributed by atoms with Gasteiger partial charge in [-0.05, 0) is 23.4 Å². The summed E-state index contributed by atoms with van der Waals surface area (Å²) in [5.74, 6) is 0.708. The summed E-state index contributed by atoms with van der Waals surface area (Å²) >= 11 is 1.31. The van der Waals surface area contributed by atoms with Crippen LogP contribution >= 0.6 is 11.3 Å². The Kier molecular flexibility index (Phi) is 3.58. The molecule has 0 amide bonds. The average molecular weight is 271 g/mol. The fourth-order valence-electron chi connectivity index (χ4n) is 1.71. The molecule has 2 heterocycles. The van der Waals surface area contributed by atoms with E-state index in [0.29, 0.717) is 10.1 Å². The molecule has 2 rings (SSSR count). The first kappa shape index (κ1) is 12.6. The van der Waals surface area contributed by atoms with E-state index >= 15 is 0 Å². The van der Waals surface area contributed by atoms with Crippen molar-refractivity contribution in [2.24, 2.45) is 5.92 Å². The second kappa shape index (κ2) is 4.82. The predicted octanol–water partition coefficient (Wildman–Crippen LogP) is 2.51. The molecule has 1 N–H and O–H groups in total. The van der Waals surface area contributed by atoms with Crippen molar-refractivity contribution in [2.75, 3.05) is 12.3 Å². The summed E-state index contributed by atoms with van der Waals surface area (Å²) in [6.45, 7) is 5.22. The van der Waals surface area contributed by atoms with Gasteiger partial charge >= 0.3 is 0 Å². The number of sulfone groups is 1. The van der Waals surface area contributed by atoms with Crippen LogP contribution in [0.1, 0.15) is 25.8 Å². The Hall–Kier alpha value is -0.810. The van der Waals surface area contributed by atoms with Crippen LogP contribution in [0.15, 0.2) is 21.7 Å². The largest absolute Gasteiger partial charge is 0.384 e. The molecular weight excluding hydrogens is 254 g/mol. The van der Waals surface area contributed by atoms with Gasteiger partial charge in [0.15, 0.2) is 9.84 Å². The van der Waals surface area contributed by atoms with Gasteiger partial charge in [0.2, 0.25) is 0 Å². The van der Waals surface area contributed by atoms with E-state index in [-0.39, 0.29) is 5.75 Å². The maximum absolute atomic E-state index is 11.8. The monoisotopic (exact) mass is 271 g/mol. The SMILES string of the molecule is CCC(C)CNC1=CCS(=O)(=O)c2sccc21. The molecule has 0 radical (unpaired) electrons. The van der Waals surface area contributed by atoms with Crippen molar-refractivity contribution in [3.63, 3.8) is 0 Å². The van der Waals surface area contributed by atoms with Crippen LogP contribution in [0.5, 0.6) is 0 Å². The molecular formula is C12H17NO2S2. The summed E-state index contributed by atoms with van der Waals surface area (Å²) in [6, 6.07) is 1.88. The van der Waals surface area contributed by atoms with Gasteiger partial charge in [-0.15, -0.1) is 11.3 Å². The van der Waals surface area contributed by atoms with Gasteiger partial charge in [0.05, 0.1) is 5.75 Å². The number of thiophene rings is 1. The molecule has 0 fully saturated rings. The lowest BCUT2D eigenvalue weighted by molar-refractivity contribution is 0.543. The third kappa shape index (κ3) is 2.55. The maximum Gasteiger partial charge on any atom is 0.192 e. The second-order valence-corrected chi connectivity index (χ2v) is 7.56. The zero-order valence-electron chi connectivity index (χ0n) is 10.1. The van der Waals surface area contributed by atoms with Gasteiger partial charge < -0.3 is 5.32 Å². The number of nitrogens with one attached hydrogen (secondary N) is 1. The normalized spacial score (nSPS) is 19.3. The van der Waals surface area contributed by atoms with Gasteiger partial charge in [0.25, 0.3) is 0 Å². The Balaban J connectivity index is 2.20. The highest BCUT2D eigenvalue weighted by atomic mass is 32.2. The fourth-order valence-corrected chi connectivity index (χ4v) is 4.35. The smallest absolute Gasteiger partial charge is 0.192 e. The first-order valence-corrected chi connectivity index (χ1v) is 8.32. The highest BCUT2D eigenvalue weighted by molar-refractivity contribution is 7.93. The number of hydrogen-bond acceptors (Lipinski definition) is 4. The Bertz CT molecular complexity index is 528. The minimum Gasteiger partial charge on any atom is -0.384 e. The Labute approximate surface area is 106 Å². The highest BCUT2D eigenvalue weighted by Gasteiger charge is 2.25. The van der Waals surface area contributed by atoms with Gasteiger partial charge in [-0.3, -0.25) is 0 Å². The van der Waals surface area contributed by atoms with E-state index in [4.69, 9.17) is 0 Å². The second-order valence-electron chi connectivity index (χ2n) is 4.42. The van der Waals surface area contributed by atoms with Gasteiger partial charge in [-0.2, -0.15) is 0 Å². The number of fused-ring (bicyclic) bond motifs is 1. The van der Waals surface area contributed by atoms with E-state index in [1.54, 1.807) is 6.08 Å². The lowest BCUT2D eigenvalue weighted by Gasteiger charge is -2.18. The molecule has 1 unspecified atom stereocenters. The van der Waals surface area contributed by atoms with Crippen LogP contribution in [0.25, 0.3) is 5.70 Å². The summed E-state index contributed by atoms with van der Waals surface area (Å²) in [5, 5.41) is 5.20. The van der Waals surface area contributed by atoms with E-state index in [9.17, 15) is 8.42 Å². The van der Waals surface area contributed by atoms with Crippen molar-refractivity contribution in [1.29, 1.82) is 0 Å². The molecule has 94 valence electrons. The summed E-state index contributed by atoms with van der Waals surface area (Å²) in [6.07, 6.45) is 2.90. The van der Waals surface area contributed by atoms with Crippen LogP contribution in [0.2, 0.25) is 0 Å². The van der Waals surface area contributed by atoms with E-state index in [2.05, 4.69) is 19.2 Å². The molecule has 0 saturated carbocycles. The maximum atomic E-state index is 11.8. The van der Waals surface area contributed by atoms with Crippen molar-refractivity contribution in [3.05, 3.63) is 23.1 Å². The molecule has 1 aliphatic rings. The van der Waals surface area contributed by atoms with Crippen molar-refractivity contribution in [2.45, 2.75) is 24.5 Å². The zero-order chi connectivity index (χ0) is 12.5. The topological polar surface area (TPSA) is 46.2 Å². The predicted molar refractivity (Wildman–Crippen MR) is 71.8 cm³/mol. The Morgan fingerprint density at radius 2 is 2.29 bits per heavy atom. The quantitative estimate of drug-likeness (QED) is 0.915. The van der Waals surface area contributed by atoms with Crippen LogP contribution in [0, 0.1) is 5.92 Å². The van der Waals surface area contributed by atoms with Gasteiger partial charge in [0, 0.05) is 17.8 Å². The molecule has 1 aromatic rings. The molecule has 0 saturated heterocycles. The lowest BCUT2D eigenvalue weighted by atomic mass is 10.1. The fraction of sp³-hybridized carbons (Fsp3) is 0.500. The van der Waals surface area contributed by atoms with Crippen LogP contribution in [-0.4, -0.2) is 20.7 Å². The van der Waals surface area contributed by atoms with Crippen LogP contribution in [0.4, 0.5) is 0 Å². The van der Waals surface area contributed by atoms with Gasteiger partial charge in [-0.25, -0.2) is 8.42 Å². The molecule has 17 heavy (non-hydrogen) atoms. The molecule has 5 heteroatoms. The molecule has 0 aliphatic carbocycles. The standard InChI is InChI=1S/C12H17NO2S2/c1-3-9(2)8-13-11-5-7-17(14,15)12-10(11)4-6-16-12/h4-6,9,13H,3,7-8H2,1-2H3. The third-order valence-electron chi connectivity index (χ3n) is 3.05. The van der Waals surface area contributed by atoms with Crippen molar-refractivity contribution in [1.82, 2.24) is 5.32 Å². The van der Waals surface area contributed by atoms with Crippen LogP contribution < -0.4 is 5.32 Å². The average Bonchev–Trinajstić information content (AvgIpc) is 2.78. The Morgan fingerprint density at radius 3 is 3.00 bits per heavy atom. The van der Waals surface area contributed by atoms with Crippen molar-refractivity contribution < 1.29 is 8.42 Å². The zero-order valence-corrected chi connectivity index (χ0v) is 11.7. The summed E-state index contributed by atoms with van der Waals surface area (Å²) in [7, 11) is -3.07. The van der Waals surface area contributed by atoms with Crippen molar-refractivity contribution >= 4 is 26.9 Å². The molecule has 1 aromatic heterocycles. The van der Waals surface area contributed by atoms with Gasteiger partial charge in [-0.1, -0.05) is 20.3 Å². The van der Waals surface area contributed by atoms with E-state index < -0.39 is 9.84 Å². The first-order valence-electron chi connectivity index (χ1n) is 5.79. The molecule has 1 atom stereocenters. The number of hydrogen-bond donors (Lipinski definition) is 1. The van der Waals surface area contributed by atoms with Gasteiger partial charge in [0.1, 0.15) is 4.21 Å². The molecule has 3 nitrogen and oxygen atoms in total. The van der Waals surface area contributed by atoms with E-state index in [0.717, 1.165) is 24.2 Å². The summed E-state index contributed by atoms with van der Waals surface area (Å²) in [5.41, 5.74) is 1.81. The van der Waals surface area contributed by atoms with Crippen LogP contribution in [-0.2, 0) is 9.84 Å². The molecule has 0 bridgehead atoms. The molecule has 0 aromatic carbocycles. The Morgan fingerprint density at radius 1 is 1.53 bits per heavy atom. The number of rotatable bonds is 4. The van der Waals surface area contributed by atoms with E-state index in [1.165, 1.54) is 11.3 Å².